The molecule has 0 radical (unpaired) electrons. The zero-order valence-electron chi connectivity index (χ0n) is 20.0. The average Bonchev–Trinajstić information content (AvgIpc) is 2.92. The van der Waals surface area contributed by atoms with E-state index < -0.39 is 0 Å². The van der Waals surface area contributed by atoms with Crippen LogP contribution < -0.4 is 21.5 Å². The SMILES string of the molecule is C=C/C=C(C=Nc1cc(NC(=O)c2cccnc2)ccc1N)\C=C/CN.COc1ccc(C=O)cc1. The van der Waals surface area contributed by atoms with E-state index in [1.807, 2.05) is 12.2 Å². The molecule has 8 nitrogen and oxygen atoms in total. The highest BCUT2D eigenvalue weighted by Gasteiger charge is 2.07. The van der Waals surface area contributed by atoms with Crippen LogP contribution in [0.2, 0.25) is 0 Å². The molecule has 3 rings (SSSR count). The molecule has 1 heterocycles. The number of carbonyl (C=O) groups excluding carboxylic acids is 2. The number of allylic oxidation sites excluding steroid dienone is 4. The highest BCUT2D eigenvalue weighted by molar-refractivity contribution is 6.04. The lowest BCUT2D eigenvalue weighted by Crippen LogP contribution is -2.11. The van der Waals surface area contributed by atoms with Gasteiger partial charge in [-0.3, -0.25) is 19.6 Å². The Labute approximate surface area is 210 Å². The number of nitrogens with zero attached hydrogens (tertiary/aromatic N) is 2. The first-order valence-electron chi connectivity index (χ1n) is 10.9. The molecule has 0 atom stereocenters. The summed E-state index contributed by atoms with van der Waals surface area (Å²) in [5.74, 6) is 0.515. The molecule has 0 aliphatic rings. The van der Waals surface area contributed by atoms with Crippen LogP contribution in [-0.4, -0.2) is 37.0 Å². The van der Waals surface area contributed by atoms with E-state index >= 15 is 0 Å². The predicted molar refractivity (Wildman–Crippen MR) is 146 cm³/mol. The number of aromatic nitrogens is 1. The van der Waals surface area contributed by atoms with E-state index in [1.54, 1.807) is 86.3 Å². The largest absolute Gasteiger partial charge is 0.497 e. The van der Waals surface area contributed by atoms with Gasteiger partial charge in [-0.25, -0.2) is 0 Å². The summed E-state index contributed by atoms with van der Waals surface area (Å²) >= 11 is 0. The topological polar surface area (TPSA) is 133 Å². The number of nitrogens with one attached hydrogen (secondary N) is 1. The van der Waals surface area contributed by atoms with Crippen molar-refractivity contribution < 1.29 is 14.3 Å². The molecule has 5 N–H and O–H groups in total. The second-order valence-corrected chi connectivity index (χ2v) is 7.16. The number of anilines is 2. The molecule has 0 aliphatic carbocycles. The van der Waals surface area contributed by atoms with Gasteiger partial charge in [0.1, 0.15) is 12.0 Å². The fourth-order valence-electron chi connectivity index (χ4n) is 2.74. The summed E-state index contributed by atoms with van der Waals surface area (Å²) in [5, 5.41) is 2.80. The maximum absolute atomic E-state index is 12.2. The van der Waals surface area contributed by atoms with Crippen molar-refractivity contribution in [1.82, 2.24) is 4.98 Å². The van der Waals surface area contributed by atoms with E-state index in [1.165, 1.54) is 6.20 Å². The van der Waals surface area contributed by atoms with Crippen LogP contribution in [0.15, 0.2) is 108 Å². The van der Waals surface area contributed by atoms with E-state index in [2.05, 4.69) is 21.9 Å². The molecule has 36 heavy (non-hydrogen) atoms. The highest BCUT2D eigenvalue weighted by Crippen LogP contribution is 2.26. The number of nitrogens with two attached hydrogens (primary N) is 2. The minimum Gasteiger partial charge on any atom is -0.497 e. The Bertz CT molecular complexity index is 1230. The van der Waals surface area contributed by atoms with Crippen LogP contribution >= 0.6 is 0 Å². The van der Waals surface area contributed by atoms with Gasteiger partial charge in [0.15, 0.2) is 0 Å². The molecule has 0 saturated carbocycles. The van der Waals surface area contributed by atoms with Crippen LogP contribution in [-0.2, 0) is 0 Å². The Morgan fingerprint density at radius 3 is 2.58 bits per heavy atom. The number of hydrogen-bond acceptors (Lipinski definition) is 7. The monoisotopic (exact) mass is 483 g/mol. The molecule has 0 fully saturated rings. The first-order chi connectivity index (χ1) is 17.5. The molecule has 184 valence electrons. The molecule has 0 bridgehead atoms. The smallest absolute Gasteiger partial charge is 0.257 e. The second kappa shape index (κ2) is 15.2. The van der Waals surface area contributed by atoms with E-state index in [-0.39, 0.29) is 5.91 Å². The summed E-state index contributed by atoms with van der Waals surface area (Å²) < 4.78 is 4.90. The van der Waals surface area contributed by atoms with Gasteiger partial charge in [0, 0.05) is 36.4 Å². The number of aliphatic imine (C=N–C) groups is 1. The van der Waals surface area contributed by atoms with E-state index in [0.29, 0.717) is 34.7 Å². The number of ether oxygens (including phenoxy) is 1. The number of benzene rings is 2. The summed E-state index contributed by atoms with van der Waals surface area (Å²) in [6, 6.07) is 15.4. The molecule has 0 unspecified atom stereocenters. The Balaban J connectivity index is 0.000000380. The first-order valence-corrected chi connectivity index (χ1v) is 10.9. The molecule has 2 aromatic carbocycles. The van der Waals surface area contributed by atoms with Crippen LogP contribution in [0.5, 0.6) is 5.75 Å². The molecule has 8 heteroatoms. The zero-order valence-corrected chi connectivity index (χ0v) is 20.0. The van der Waals surface area contributed by atoms with Gasteiger partial charge in [-0.2, -0.15) is 0 Å². The van der Waals surface area contributed by atoms with Crippen LogP contribution in [0.25, 0.3) is 0 Å². The van der Waals surface area contributed by atoms with Gasteiger partial charge in [-0.15, -0.1) is 0 Å². The lowest BCUT2D eigenvalue weighted by atomic mass is 10.2. The minimum atomic E-state index is -0.254. The maximum Gasteiger partial charge on any atom is 0.257 e. The van der Waals surface area contributed by atoms with Crippen molar-refractivity contribution in [2.75, 3.05) is 24.7 Å². The van der Waals surface area contributed by atoms with Gasteiger partial charge in [0.25, 0.3) is 5.91 Å². The quantitative estimate of drug-likeness (QED) is 0.174. The van der Waals surface area contributed by atoms with Gasteiger partial charge < -0.3 is 21.5 Å². The number of amides is 1. The second-order valence-electron chi connectivity index (χ2n) is 7.16. The van der Waals surface area contributed by atoms with Crippen LogP contribution in [0.4, 0.5) is 17.1 Å². The van der Waals surface area contributed by atoms with E-state index in [9.17, 15) is 9.59 Å². The number of carbonyl (C=O) groups is 2. The zero-order chi connectivity index (χ0) is 26.2. The molecule has 1 amide bonds. The van der Waals surface area contributed by atoms with Crippen LogP contribution in [0.3, 0.4) is 0 Å². The van der Waals surface area contributed by atoms with Crippen molar-refractivity contribution in [1.29, 1.82) is 0 Å². The Kier molecular flexibility index (Phi) is 11.5. The van der Waals surface area contributed by atoms with Crippen molar-refractivity contribution >= 4 is 35.5 Å². The Morgan fingerprint density at radius 1 is 1.19 bits per heavy atom. The van der Waals surface area contributed by atoms with Crippen LogP contribution in [0, 0.1) is 0 Å². The van der Waals surface area contributed by atoms with Gasteiger partial charge in [0.05, 0.1) is 24.0 Å². The standard InChI is InChI=1S/C20H21N5O.C8H8O2/c1-2-5-15(6-3-10-21)13-24-19-12-17(8-9-18(19)22)25-20(26)16-7-4-11-23-14-16;1-10-8-4-2-7(6-9)3-5-8/h2-9,11-14H,1,10,21-22H2,(H,25,26);2-6H,1H3/b6-3-,15-5+,24-13?;. The summed E-state index contributed by atoms with van der Waals surface area (Å²) in [7, 11) is 1.59. The summed E-state index contributed by atoms with van der Waals surface area (Å²) in [4.78, 5) is 30.7. The van der Waals surface area contributed by atoms with Gasteiger partial charge in [0.2, 0.25) is 0 Å². The fourth-order valence-corrected chi connectivity index (χ4v) is 2.74. The first kappa shape index (κ1) is 27.4. The third-order valence-corrected chi connectivity index (χ3v) is 4.57. The lowest BCUT2D eigenvalue weighted by Gasteiger charge is -2.07. The Hall–Kier alpha value is -4.82. The minimum absolute atomic E-state index is 0.254. The van der Waals surface area contributed by atoms with Crippen LogP contribution in [0.1, 0.15) is 20.7 Å². The maximum atomic E-state index is 12.2. The van der Waals surface area contributed by atoms with Gasteiger partial charge in [-0.05, 0) is 60.2 Å². The molecule has 1 aromatic heterocycles. The number of nitrogen functional groups attached to an aromatic ring is 1. The van der Waals surface area contributed by atoms with E-state index in [0.717, 1.165) is 17.6 Å². The van der Waals surface area contributed by atoms with E-state index in [4.69, 9.17) is 16.2 Å². The molecular weight excluding hydrogens is 454 g/mol. The van der Waals surface area contributed by atoms with Gasteiger partial charge in [-0.1, -0.05) is 30.9 Å². The number of hydrogen-bond donors (Lipinski definition) is 3. The number of pyridine rings is 1. The third kappa shape index (κ3) is 9.20. The summed E-state index contributed by atoms with van der Waals surface area (Å²) in [6.07, 6.45) is 12.7. The highest BCUT2D eigenvalue weighted by atomic mass is 16.5. The summed E-state index contributed by atoms with van der Waals surface area (Å²) in [5.41, 5.74) is 15.1. The molecule has 0 aliphatic heterocycles. The number of methoxy groups -OCH3 is 1. The Morgan fingerprint density at radius 2 is 1.97 bits per heavy atom. The summed E-state index contributed by atoms with van der Waals surface area (Å²) in [6.45, 7) is 4.11. The molecule has 0 spiro atoms. The number of rotatable bonds is 9. The lowest BCUT2D eigenvalue weighted by molar-refractivity contribution is 0.102. The van der Waals surface area contributed by atoms with Crippen molar-refractivity contribution in [3.63, 3.8) is 0 Å². The van der Waals surface area contributed by atoms with Crippen molar-refractivity contribution in [3.05, 3.63) is 115 Å². The average molecular weight is 484 g/mol. The van der Waals surface area contributed by atoms with Crippen molar-refractivity contribution in [2.24, 2.45) is 10.7 Å². The van der Waals surface area contributed by atoms with Crippen molar-refractivity contribution in [3.8, 4) is 5.75 Å². The van der Waals surface area contributed by atoms with Crippen molar-refractivity contribution in [2.45, 2.75) is 0 Å². The van der Waals surface area contributed by atoms with Gasteiger partial charge >= 0.3 is 0 Å². The third-order valence-electron chi connectivity index (χ3n) is 4.57. The number of aldehydes is 1. The molecular formula is C28H29N5O3. The fraction of sp³-hybridized carbons (Fsp3) is 0.0714. The predicted octanol–water partition coefficient (Wildman–Crippen LogP) is 4.75. The molecule has 0 saturated heterocycles. The molecule has 3 aromatic rings. The normalized spacial score (nSPS) is 11.0.